The number of carbonyl (C=O) groups is 1. The Bertz CT molecular complexity index is 801. The van der Waals surface area contributed by atoms with Gasteiger partial charge in [-0.1, -0.05) is 200 Å². The van der Waals surface area contributed by atoms with E-state index in [1.54, 1.807) is 0 Å². The van der Waals surface area contributed by atoms with E-state index in [4.69, 9.17) is 9.47 Å². The van der Waals surface area contributed by atoms with Gasteiger partial charge >= 0.3 is 0 Å². The van der Waals surface area contributed by atoms with Gasteiger partial charge in [0.25, 0.3) is 0 Å². The lowest BCUT2D eigenvalue weighted by molar-refractivity contribution is -0.302. The molecule has 1 saturated heterocycles. The molecule has 1 rings (SSSR count). The average Bonchev–Trinajstić information content (AvgIpc) is 3.15. The van der Waals surface area contributed by atoms with Crippen LogP contribution in [-0.2, 0) is 14.3 Å². The zero-order chi connectivity index (χ0) is 38.8. The summed E-state index contributed by atoms with van der Waals surface area (Å²) < 4.78 is 11.1. The Morgan fingerprint density at radius 1 is 0.566 bits per heavy atom. The van der Waals surface area contributed by atoms with Crippen molar-refractivity contribution in [3.05, 3.63) is 0 Å². The van der Waals surface area contributed by atoms with Crippen LogP contribution in [0.2, 0.25) is 0 Å². The van der Waals surface area contributed by atoms with E-state index in [0.29, 0.717) is 12.8 Å². The molecule has 1 fully saturated rings. The van der Waals surface area contributed by atoms with Gasteiger partial charge in [0.1, 0.15) is 24.4 Å². The first-order valence-corrected chi connectivity index (χ1v) is 22.7. The van der Waals surface area contributed by atoms with Crippen molar-refractivity contribution < 1.29 is 39.8 Å². The number of nitrogens with one attached hydrogen (secondary N) is 1. The number of carbonyl (C=O) groups excluding carboxylic acids is 1. The van der Waals surface area contributed by atoms with Gasteiger partial charge in [0.05, 0.1) is 25.4 Å². The van der Waals surface area contributed by atoms with Crippen molar-refractivity contribution in [1.29, 1.82) is 0 Å². The number of rotatable bonds is 38. The van der Waals surface area contributed by atoms with E-state index in [9.17, 15) is 30.3 Å². The Labute approximate surface area is 325 Å². The zero-order valence-electron chi connectivity index (χ0n) is 34.5. The van der Waals surface area contributed by atoms with Gasteiger partial charge in [-0.2, -0.15) is 0 Å². The summed E-state index contributed by atoms with van der Waals surface area (Å²) in [6.45, 7) is 3.68. The molecule has 7 atom stereocenters. The quantitative estimate of drug-likeness (QED) is 0.0342. The number of amides is 1. The Balaban J connectivity index is 2.00. The molecule has 9 heteroatoms. The largest absolute Gasteiger partial charge is 0.394 e. The Morgan fingerprint density at radius 2 is 0.943 bits per heavy atom. The van der Waals surface area contributed by atoms with Crippen molar-refractivity contribution in [2.24, 2.45) is 0 Å². The number of hydrogen-bond acceptors (Lipinski definition) is 8. The molecule has 1 amide bonds. The van der Waals surface area contributed by atoms with E-state index in [1.165, 1.54) is 154 Å². The van der Waals surface area contributed by atoms with Gasteiger partial charge < -0.3 is 40.3 Å². The smallest absolute Gasteiger partial charge is 0.220 e. The molecule has 53 heavy (non-hydrogen) atoms. The molecule has 0 aromatic carbocycles. The van der Waals surface area contributed by atoms with Gasteiger partial charge in [0, 0.05) is 6.42 Å². The molecule has 0 radical (unpaired) electrons. The predicted octanol–water partition coefficient (Wildman–Crippen LogP) is 9.17. The maximum Gasteiger partial charge on any atom is 0.220 e. The molecule has 1 aliphatic rings. The summed E-state index contributed by atoms with van der Waals surface area (Å²) in [6, 6.07) is -0.708. The van der Waals surface area contributed by atoms with Gasteiger partial charge in [0.2, 0.25) is 5.91 Å². The van der Waals surface area contributed by atoms with Gasteiger partial charge in [-0.15, -0.1) is 0 Å². The van der Waals surface area contributed by atoms with E-state index >= 15 is 0 Å². The van der Waals surface area contributed by atoms with Crippen molar-refractivity contribution in [2.45, 2.75) is 262 Å². The normalized spacial score (nSPS) is 21.5. The van der Waals surface area contributed by atoms with Crippen LogP contribution < -0.4 is 5.32 Å². The molecule has 1 heterocycles. The van der Waals surface area contributed by atoms with E-state index in [-0.39, 0.29) is 12.5 Å². The first-order chi connectivity index (χ1) is 25.8. The van der Waals surface area contributed by atoms with E-state index in [1.807, 2.05) is 0 Å². The fourth-order valence-corrected chi connectivity index (χ4v) is 7.51. The molecular weight excluding hydrogens is 670 g/mol. The van der Waals surface area contributed by atoms with Gasteiger partial charge in [-0.05, 0) is 12.8 Å². The van der Waals surface area contributed by atoms with E-state index in [0.717, 1.165) is 38.5 Å². The number of aliphatic hydroxyl groups excluding tert-OH is 5. The molecule has 1 aliphatic heterocycles. The molecule has 316 valence electrons. The van der Waals surface area contributed by atoms with Crippen LogP contribution >= 0.6 is 0 Å². The lowest BCUT2D eigenvalue weighted by Gasteiger charge is -2.40. The third kappa shape index (κ3) is 26.6. The van der Waals surface area contributed by atoms with Crippen LogP contribution in [0, 0.1) is 0 Å². The Kier molecular flexibility index (Phi) is 33.7. The van der Waals surface area contributed by atoms with E-state index < -0.39 is 49.5 Å². The summed E-state index contributed by atoms with van der Waals surface area (Å²) in [4.78, 5) is 12.8. The summed E-state index contributed by atoms with van der Waals surface area (Å²) >= 11 is 0. The highest BCUT2D eigenvalue weighted by Crippen LogP contribution is 2.23. The van der Waals surface area contributed by atoms with Gasteiger partial charge in [0.15, 0.2) is 6.29 Å². The second-order valence-electron chi connectivity index (χ2n) is 16.2. The minimum atomic E-state index is -1.54. The van der Waals surface area contributed by atoms with Crippen LogP contribution in [0.25, 0.3) is 0 Å². The molecule has 0 saturated carbocycles. The minimum Gasteiger partial charge on any atom is -0.394 e. The minimum absolute atomic E-state index is 0.138. The summed E-state index contributed by atoms with van der Waals surface area (Å²) in [5.41, 5.74) is 0. The Hall–Kier alpha value is -0.810. The maximum absolute atomic E-state index is 12.8. The lowest BCUT2D eigenvalue weighted by atomic mass is 9.99. The maximum atomic E-state index is 12.8. The zero-order valence-corrected chi connectivity index (χ0v) is 34.5. The SMILES string of the molecule is CCCCCCCCCCCCCCCCCCCCCCCCCCCCCC(=O)NC(COC1OC(CO)C(O)C(O)C1O)C(O)CCCCC. The van der Waals surface area contributed by atoms with Crippen LogP contribution in [0.4, 0.5) is 0 Å². The fourth-order valence-electron chi connectivity index (χ4n) is 7.51. The highest BCUT2D eigenvalue weighted by Gasteiger charge is 2.44. The summed E-state index contributed by atoms with van der Waals surface area (Å²) in [7, 11) is 0. The molecule has 0 bridgehead atoms. The molecule has 0 aromatic heterocycles. The van der Waals surface area contributed by atoms with Crippen LogP contribution in [-0.4, -0.2) is 87.5 Å². The summed E-state index contributed by atoms with van der Waals surface area (Å²) in [5.74, 6) is -0.151. The lowest BCUT2D eigenvalue weighted by Crippen LogP contribution is -2.60. The highest BCUT2D eigenvalue weighted by atomic mass is 16.7. The van der Waals surface area contributed by atoms with Gasteiger partial charge in [-0.25, -0.2) is 0 Å². The number of ether oxygens (including phenoxy) is 2. The highest BCUT2D eigenvalue weighted by molar-refractivity contribution is 5.76. The average molecular weight is 758 g/mol. The first kappa shape index (κ1) is 50.2. The van der Waals surface area contributed by atoms with E-state index in [2.05, 4.69) is 19.2 Å². The molecule has 7 unspecified atom stereocenters. The Morgan fingerprint density at radius 3 is 1.34 bits per heavy atom. The van der Waals surface area contributed by atoms with Crippen LogP contribution in [0.5, 0.6) is 0 Å². The molecule has 0 spiro atoms. The van der Waals surface area contributed by atoms with Crippen LogP contribution in [0.3, 0.4) is 0 Å². The predicted molar refractivity (Wildman–Crippen MR) is 217 cm³/mol. The molecule has 0 aliphatic carbocycles. The molecule has 0 aromatic rings. The second-order valence-corrected chi connectivity index (χ2v) is 16.2. The van der Waals surface area contributed by atoms with Crippen molar-refractivity contribution in [1.82, 2.24) is 5.32 Å². The third-order valence-corrected chi connectivity index (χ3v) is 11.2. The van der Waals surface area contributed by atoms with Crippen LogP contribution in [0.1, 0.15) is 219 Å². The monoisotopic (exact) mass is 758 g/mol. The number of hydrogen-bond donors (Lipinski definition) is 6. The van der Waals surface area contributed by atoms with Gasteiger partial charge in [-0.3, -0.25) is 4.79 Å². The topological polar surface area (TPSA) is 149 Å². The molecule has 9 nitrogen and oxygen atoms in total. The van der Waals surface area contributed by atoms with Crippen molar-refractivity contribution >= 4 is 5.91 Å². The summed E-state index contributed by atoms with van der Waals surface area (Å²) in [6.07, 6.45) is 32.3. The van der Waals surface area contributed by atoms with Crippen LogP contribution in [0.15, 0.2) is 0 Å². The first-order valence-electron chi connectivity index (χ1n) is 22.7. The molecule has 6 N–H and O–H groups in total. The van der Waals surface area contributed by atoms with Crippen molar-refractivity contribution in [3.63, 3.8) is 0 Å². The van der Waals surface area contributed by atoms with Crippen molar-refractivity contribution in [3.8, 4) is 0 Å². The second kappa shape index (κ2) is 35.6. The van der Waals surface area contributed by atoms with Crippen molar-refractivity contribution in [2.75, 3.05) is 13.2 Å². The standard InChI is InChI=1S/C44H87NO8/c1-3-5-7-8-9-10-11-12-13-14-15-16-17-18-19-20-21-22-23-24-25-26-27-28-29-30-32-34-40(48)45-37(38(47)33-31-6-4-2)36-52-44-43(51)42(50)41(49)39(35-46)53-44/h37-39,41-44,46-47,49-51H,3-36H2,1-2H3,(H,45,48). The fraction of sp³-hybridized carbons (Fsp3) is 0.977. The molecular formula is C44H87NO8. The number of unbranched alkanes of at least 4 members (excludes halogenated alkanes) is 28. The number of aliphatic hydroxyl groups is 5. The summed E-state index contributed by atoms with van der Waals surface area (Å²) in [5, 5.41) is 53.5. The third-order valence-electron chi connectivity index (χ3n) is 11.2.